The van der Waals surface area contributed by atoms with Crippen LogP contribution in [0.4, 0.5) is 5.69 Å². The quantitative estimate of drug-likeness (QED) is 0.566. The number of benzene rings is 1. The van der Waals surface area contributed by atoms with Crippen LogP contribution < -0.4 is 10.5 Å². The van der Waals surface area contributed by atoms with E-state index in [9.17, 15) is 13.5 Å². The molecule has 0 spiro atoms. The lowest BCUT2D eigenvalue weighted by Gasteiger charge is -2.21. The molecule has 0 aromatic heterocycles. The number of rotatable bonds is 5. The highest BCUT2D eigenvalue weighted by Gasteiger charge is 2.24. The molecule has 0 aliphatic rings. The monoisotopic (exact) mass is 288 g/mol. The van der Waals surface area contributed by atoms with E-state index in [1.54, 1.807) is 19.9 Å². The topological polar surface area (TPSA) is 113 Å². The van der Waals surface area contributed by atoms with Gasteiger partial charge >= 0.3 is 0 Å². The lowest BCUT2D eigenvalue weighted by molar-refractivity contribution is 0.00681. The lowest BCUT2D eigenvalue weighted by atomic mass is 10.1. The summed E-state index contributed by atoms with van der Waals surface area (Å²) in [7, 11) is -3.78. The van der Waals surface area contributed by atoms with Gasteiger partial charge in [-0.3, -0.25) is 0 Å². The van der Waals surface area contributed by atoms with E-state index in [0.717, 1.165) is 5.56 Å². The molecule has 108 valence electrons. The number of sulfonamides is 1. The van der Waals surface area contributed by atoms with E-state index >= 15 is 0 Å². The minimum absolute atomic E-state index is 0.0822. The van der Waals surface area contributed by atoms with Gasteiger partial charge in [0.05, 0.1) is 17.1 Å². The summed E-state index contributed by atoms with van der Waals surface area (Å²) in [6.45, 7) is 3.98. The van der Waals surface area contributed by atoms with Crippen LogP contribution in [0.25, 0.3) is 0 Å². The Kier molecular flexibility index (Phi) is 4.57. The van der Waals surface area contributed by atoms with Crippen molar-refractivity contribution in [2.45, 2.75) is 31.3 Å². The number of aryl methyl sites for hydroxylation is 1. The zero-order valence-electron chi connectivity index (χ0n) is 11.3. The van der Waals surface area contributed by atoms with Crippen molar-refractivity contribution in [2.75, 3.05) is 18.9 Å². The molecule has 0 bridgehead atoms. The third kappa shape index (κ3) is 3.90. The molecule has 0 heterocycles. The number of aliphatic hydroxyl groups excluding tert-OH is 1. The van der Waals surface area contributed by atoms with Crippen LogP contribution >= 0.6 is 0 Å². The molecule has 1 rings (SSSR count). The van der Waals surface area contributed by atoms with Gasteiger partial charge in [0.15, 0.2) is 0 Å². The van der Waals surface area contributed by atoms with Crippen molar-refractivity contribution >= 4 is 15.7 Å². The van der Waals surface area contributed by atoms with Crippen LogP contribution in [0.1, 0.15) is 18.1 Å². The van der Waals surface area contributed by atoms with Crippen molar-refractivity contribution in [3.8, 4) is 0 Å². The van der Waals surface area contributed by atoms with Crippen LogP contribution in [0.15, 0.2) is 17.0 Å². The first-order valence-electron chi connectivity index (χ1n) is 5.79. The minimum Gasteiger partial charge on any atom is -0.399 e. The fourth-order valence-corrected chi connectivity index (χ4v) is 3.03. The summed E-state index contributed by atoms with van der Waals surface area (Å²) >= 11 is 0. The van der Waals surface area contributed by atoms with Crippen LogP contribution in [-0.4, -0.2) is 37.4 Å². The molecule has 7 heteroatoms. The molecule has 0 aliphatic carbocycles. The van der Waals surface area contributed by atoms with Gasteiger partial charge < -0.3 is 15.9 Å². The molecular weight excluding hydrogens is 268 g/mol. The summed E-state index contributed by atoms with van der Waals surface area (Å²) in [5.74, 6) is 0. The van der Waals surface area contributed by atoms with Gasteiger partial charge in [-0.2, -0.15) is 0 Å². The average molecular weight is 288 g/mol. The van der Waals surface area contributed by atoms with Crippen LogP contribution in [0, 0.1) is 13.8 Å². The molecule has 6 nitrogen and oxygen atoms in total. The van der Waals surface area contributed by atoms with Gasteiger partial charge in [-0.15, -0.1) is 0 Å². The van der Waals surface area contributed by atoms with Gasteiger partial charge in [-0.05, 0) is 44.0 Å². The number of aliphatic hydroxyl groups is 2. The fraction of sp³-hybridized carbons (Fsp3) is 0.500. The van der Waals surface area contributed by atoms with Gasteiger partial charge in [0.25, 0.3) is 0 Å². The second-order valence-electron chi connectivity index (χ2n) is 4.94. The van der Waals surface area contributed by atoms with E-state index < -0.39 is 22.2 Å². The SMILES string of the molecule is Cc1cc(N)cc(S(=O)(=O)NCC(C)(O)CO)c1C. The van der Waals surface area contributed by atoms with Crippen molar-refractivity contribution in [3.05, 3.63) is 23.3 Å². The lowest BCUT2D eigenvalue weighted by Crippen LogP contribution is -2.43. The summed E-state index contributed by atoms with van der Waals surface area (Å²) in [4.78, 5) is 0.0822. The Labute approximate surface area is 113 Å². The maximum atomic E-state index is 12.2. The highest BCUT2D eigenvalue weighted by atomic mass is 32.2. The first-order chi connectivity index (χ1) is 8.59. The van der Waals surface area contributed by atoms with E-state index in [1.807, 2.05) is 0 Å². The molecule has 0 saturated carbocycles. The maximum Gasteiger partial charge on any atom is 0.241 e. The largest absolute Gasteiger partial charge is 0.399 e. The predicted molar refractivity (Wildman–Crippen MR) is 73.2 cm³/mol. The Balaban J connectivity index is 3.08. The zero-order chi connectivity index (χ0) is 14.8. The van der Waals surface area contributed by atoms with Crippen LogP contribution in [0.5, 0.6) is 0 Å². The standard InChI is InChI=1S/C12H20N2O4S/c1-8-4-10(13)5-11(9(8)2)19(17,18)14-6-12(3,16)7-15/h4-5,14-16H,6-7,13H2,1-3H3. The normalized spacial score (nSPS) is 15.2. The van der Waals surface area contributed by atoms with E-state index in [1.165, 1.54) is 13.0 Å². The highest BCUT2D eigenvalue weighted by molar-refractivity contribution is 7.89. The zero-order valence-corrected chi connectivity index (χ0v) is 12.1. The molecule has 0 radical (unpaired) electrons. The summed E-state index contributed by atoms with van der Waals surface area (Å²) in [6.07, 6.45) is 0. The third-order valence-electron chi connectivity index (χ3n) is 2.92. The Bertz CT molecular complexity index is 567. The van der Waals surface area contributed by atoms with E-state index in [4.69, 9.17) is 10.8 Å². The van der Waals surface area contributed by atoms with Crippen molar-refractivity contribution in [2.24, 2.45) is 0 Å². The molecule has 0 amide bonds. The minimum atomic E-state index is -3.78. The number of anilines is 1. The van der Waals surface area contributed by atoms with E-state index in [2.05, 4.69) is 4.72 Å². The number of nitrogens with one attached hydrogen (secondary N) is 1. The average Bonchev–Trinajstić information content (AvgIpc) is 2.31. The Hall–Kier alpha value is -1.15. The van der Waals surface area contributed by atoms with E-state index in [0.29, 0.717) is 11.3 Å². The second kappa shape index (κ2) is 5.46. The third-order valence-corrected chi connectivity index (χ3v) is 4.44. The van der Waals surface area contributed by atoms with E-state index in [-0.39, 0.29) is 11.4 Å². The highest BCUT2D eigenvalue weighted by Crippen LogP contribution is 2.22. The molecule has 19 heavy (non-hydrogen) atoms. The van der Waals surface area contributed by atoms with Gasteiger partial charge in [-0.1, -0.05) is 0 Å². The summed E-state index contributed by atoms with van der Waals surface area (Å²) in [5.41, 5.74) is 5.88. The summed E-state index contributed by atoms with van der Waals surface area (Å²) in [5, 5.41) is 18.5. The first-order valence-corrected chi connectivity index (χ1v) is 7.27. The Morgan fingerprint density at radius 3 is 2.47 bits per heavy atom. The molecule has 5 N–H and O–H groups in total. The molecule has 1 aromatic rings. The van der Waals surface area contributed by atoms with Gasteiger partial charge in [0.1, 0.15) is 0 Å². The predicted octanol–water partition coefficient (Wildman–Crippen LogP) is -0.0928. The fourth-order valence-electron chi connectivity index (χ4n) is 1.52. The van der Waals surface area contributed by atoms with Gasteiger partial charge in [0.2, 0.25) is 10.0 Å². The van der Waals surface area contributed by atoms with Crippen molar-refractivity contribution in [1.82, 2.24) is 4.72 Å². The Morgan fingerprint density at radius 1 is 1.37 bits per heavy atom. The second-order valence-corrected chi connectivity index (χ2v) is 6.68. The van der Waals surface area contributed by atoms with Crippen LogP contribution in [0.3, 0.4) is 0 Å². The van der Waals surface area contributed by atoms with Gasteiger partial charge in [-0.25, -0.2) is 13.1 Å². The molecule has 1 atom stereocenters. The first kappa shape index (κ1) is 15.9. The number of hydrogen-bond donors (Lipinski definition) is 4. The maximum absolute atomic E-state index is 12.2. The molecule has 0 aliphatic heterocycles. The Morgan fingerprint density at radius 2 is 1.95 bits per heavy atom. The molecule has 1 unspecified atom stereocenters. The molecule has 0 saturated heterocycles. The van der Waals surface area contributed by atoms with Crippen molar-refractivity contribution in [3.63, 3.8) is 0 Å². The molecular formula is C12H20N2O4S. The number of nitrogens with two attached hydrogens (primary N) is 1. The van der Waals surface area contributed by atoms with Crippen molar-refractivity contribution in [1.29, 1.82) is 0 Å². The summed E-state index contributed by atoms with van der Waals surface area (Å²) in [6, 6.07) is 3.07. The van der Waals surface area contributed by atoms with Crippen LogP contribution in [-0.2, 0) is 10.0 Å². The van der Waals surface area contributed by atoms with Crippen molar-refractivity contribution < 1.29 is 18.6 Å². The smallest absolute Gasteiger partial charge is 0.241 e. The molecule has 0 fully saturated rings. The number of hydrogen-bond acceptors (Lipinski definition) is 5. The molecule has 1 aromatic carbocycles. The van der Waals surface area contributed by atoms with Crippen LogP contribution in [0.2, 0.25) is 0 Å². The number of nitrogen functional groups attached to an aromatic ring is 1. The van der Waals surface area contributed by atoms with Gasteiger partial charge in [0, 0.05) is 12.2 Å². The summed E-state index contributed by atoms with van der Waals surface area (Å²) < 4.78 is 26.6.